The van der Waals surface area contributed by atoms with Gasteiger partial charge in [0.25, 0.3) is 0 Å². The van der Waals surface area contributed by atoms with Gasteiger partial charge in [-0.25, -0.2) is 0 Å². The summed E-state index contributed by atoms with van der Waals surface area (Å²) in [6.07, 6.45) is 1.69. The lowest BCUT2D eigenvalue weighted by atomic mass is 9.85. The Labute approximate surface area is 111 Å². The van der Waals surface area contributed by atoms with E-state index in [0.29, 0.717) is 0 Å². The first-order valence-corrected chi connectivity index (χ1v) is 5.84. The van der Waals surface area contributed by atoms with Crippen molar-refractivity contribution >= 4 is 17.9 Å². The maximum atomic E-state index is 11.9. The number of carbonyl (C=O) groups is 3. The van der Waals surface area contributed by atoms with E-state index in [-0.39, 0.29) is 18.8 Å². The topological polar surface area (TPSA) is 78.9 Å². The molecule has 1 fully saturated rings. The fourth-order valence-corrected chi connectivity index (χ4v) is 2.62. The molecule has 19 heavy (non-hydrogen) atoms. The Kier molecular flexibility index (Phi) is 4.69. The van der Waals surface area contributed by atoms with E-state index < -0.39 is 29.2 Å². The van der Waals surface area contributed by atoms with Crippen LogP contribution in [0.5, 0.6) is 0 Å². The highest BCUT2D eigenvalue weighted by Gasteiger charge is 2.58. The lowest BCUT2D eigenvalue weighted by Gasteiger charge is -2.22. The number of hydrogen-bond donors (Lipinski definition) is 0. The normalized spacial score (nSPS) is 24.4. The van der Waals surface area contributed by atoms with Crippen LogP contribution in [-0.2, 0) is 28.6 Å². The fraction of sp³-hybridized carbons (Fsp3) is 0.615. The Hall–Kier alpha value is -1.85. The predicted molar refractivity (Wildman–Crippen MR) is 64.9 cm³/mol. The molecule has 1 saturated carbocycles. The summed E-state index contributed by atoms with van der Waals surface area (Å²) >= 11 is 0. The molecule has 0 radical (unpaired) electrons. The highest BCUT2D eigenvalue weighted by atomic mass is 16.5. The van der Waals surface area contributed by atoms with Crippen molar-refractivity contribution in [3.8, 4) is 0 Å². The van der Waals surface area contributed by atoms with Crippen LogP contribution in [0.3, 0.4) is 0 Å². The number of esters is 3. The van der Waals surface area contributed by atoms with E-state index in [1.165, 1.54) is 21.3 Å². The zero-order valence-corrected chi connectivity index (χ0v) is 11.3. The van der Waals surface area contributed by atoms with Crippen molar-refractivity contribution in [1.29, 1.82) is 0 Å². The number of methoxy groups -OCH3 is 3. The molecule has 0 spiro atoms. The van der Waals surface area contributed by atoms with Crippen LogP contribution >= 0.6 is 0 Å². The van der Waals surface area contributed by atoms with Crippen LogP contribution in [0.15, 0.2) is 12.7 Å². The van der Waals surface area contributed by atoms with Gasteiger partial charge in [-0.3, -0.25) is 14.4 Å². The molecule has 0 aromatic carbocycles. The average molecular weight is 270 g/mol. The SMILES string of the molecule is C=C[C@H]1CC(C(=O)OC)(C(=O)OC)C[C@@H]1C(=O)OC. The molecule has 2 atom stereocenters. The molecule has 1 aliphatic rings. The summed E-state index contributed by atoms with van der Waals surface area (Å²) in [5, 5.41) is 0. The van der Waals surface area contributed by atoms with Crippen molar-refractivity contribution in [2.24, 2.45) is 17.3 Å². The van der Waals surface area contributed by atoms with Crippen LogP contribution in [-0.4, -0.2) is 39.2 Å². The maximum absolute atomic E-state index is 11.9. The van der Waals surface area contributed by atoms with E-state index in [1.54, 1.807) is 6.08 Å². The third kappa shape index (κ3) is 2.47. The number of ether oxygens (including phenoxy) is 3. The Balaban J connectivity index is 3.15. The highest BCUT2D eigenvalue weighted by molar-refractivity contribution is 6.01. The quantitative estimate of drug-likeness (QED) is 0.324. The van der Waals surface area contributed by atoms with Crippen molar-refractivity contribution in [3.63, 3.8) is 0 Å². The molecule has 0 aromatic heterocycles. The second-order valence-corrected chi connectivity index (χ2v) is 4.50. The van der Waals surface area contributed by atoms with Crippen LogP contribution in [0.2, 0.25) is 0 Å². The fourth-order valence-electron chi connectivity index (χ4n) is 2.62. The van der Waals surface area contributed by atoms with Gasteiger partial charge in [-0.15, -0.1) is 6.58 Å². The molecule has 0 heterocycles. The van der Waals surface area contributed by atoms with Gasteiger partial charge in [0.2, 0.25) is 0 Å². The first kappa shape index (κ1) is 15.2. The van der Waals surface area contributed by atoms with Gasteiger partial charge in [-0.1, -0.05) is 6.08 Å². The maximum Gasteiger partial charge on any atom is 0.323 e. The van der Waals surface area contributed by atoms with Gasteiger partial charge in [-0.05, 0) is 18.8 Å². The first-order chi connectivity index (χ1) is 8.96. The summed E-state index contributed by atoms with van der Waals surface area (Å²) in [5.74, 6) is -2.79. The van der Waals surface area contributed by atoms with E-state index in [0.717, 1.165) is 0 Å². The molecule has 6 nitrogen and oxygen atoms in total. The first-order valence-electron chi connectivity index (χ1n) is 5.84. The summed E-state index contributed by atoms with van der Waals surface area (Å²) in [6, 6.07) is 0. The van der Waals surface area contributed by atoms with Gasteiger partial charge in [0.15, 0.2) is 5.41 Å². The third-order valence-corrected chi connectivity index (χ3v) is 3.63. The van der Waals surface area contributed by atoms with Gasteiger partial charge in [-0.2, -0.15) is 0 Å². The van der Waals surface area contributed by atoms with Gasteiger partial charge < -0.3 is 14.2 Å². The molecule has 0 aliphatic heterocycles. The summed E-state index contributed by atoms with van der Waals surface area (Å²) < 4.78 is 14.1. The van der Waals surface area contributed by atoms with Crippen molar-refractivity contribution < 1.29 is 28.6 Å². The standard InChI is InChI=1S/C13H18O6/c1-5-8-6-13(11(15)18-3,12(16)19-4)7-9(8)10(14)17-2/h5,8-9H,1,6-7H2,2-4H3/t8-,9-/m0/s1. The van der Waals surface area contributed by atoms with Crippen molar-refractivity contribution in [3.05, 3.63) is 12.7 Å². The Bertz CT molecular complexity index is 384. The zero-order chi connectivity index (χ0) is 14.6. The zero-order valence-electron chi connectivity index (χ0n) is 11.3. The van der Waals surface area contributed by atoms with Gasteiger partial charge in [0.05, 0.1) is 27.2 Å². The van der Waals surface area contributed by atoms with E-state index in [4.69, 9.17) is 4.74 Å². The molecule has 0 amide bonds. The van der Waals surface area contributed by atoms with Crippen LogP contribution in [0, 0.1) is 17.3 Å². The molecule has 0 saturated heterocycles. The Morgan fingerprint density at radius 2 is 1.58 bits per heavy atom. The molecule has 1 aliphatic carbocycles. The summed E-state index contributed by atoms with van der Waals surface area (Å²) in [5.41, 5.74) is -1.46. The van der Waals surface area contributed by atoms with Crippen LogP contribution in [0.25, 0.3) is 0 Å². The second kappa shape index (κ2) is 5.86. The summed E-state index contributed by atoms with van der Waals surface area (Å²) in [4.78, 5) is 35.6. The number of hydrogen-bond acceptors (Lipinski definition) is 6. The monoisotopic (exact) mass is 270 g/mol. The number of rotatable bonds is 4. The smallest absolute Gasteiger partial charge is 0.323 e. The highest BCUT2D eigenvalue weighted by Crippen LogP contribution is 2.48. The van der Waals surface area contributed by atoms with Gasteiger partial charge in [0.1, 0.15) is 0 Å². The molecule has 1 rings (SSSR count). The van der Waals surface area contributed by atoms with E-state index in [9.17, 15) is 14.4 Å². The molecular formula is C13H18O6. The van der Waals surface area contributed by atoms with E-state index in [1.807, 2.05) is 0 Å². The molecule has 0 unspecified atom stereocenters. The number of carbonyl (C=O) groups excluding carboxylic acids is 3. The summed E-state index contributed by atoms with van der Waals surface area (Å²) in [7, 11) is 3.65. The lowest BCUT2D eigenvalue weighted by molar-refractivity contribution is -0.169. The average Bonchev–Trinajstić information content (AvgIpc) is 2.85. The van der Waals surface area contributed by atoms with E-state index in [2.05, 4.69) is 16.1 Å². The van der Waals surface area contributed by atoms with Crippen LogP contribution < -0.4 is 0 Å². The molecule has 0 N–H and O–H groups in total. The van der Waals surface area contributed by atoms with E-state index >= 15 is 0 Å². The molecule has 0 bridgehead atoms. The van der Waals surface area contributed by atoms with Crippen molar-refractivity contribution in [1.82, 2.24) is 0 Å². The van der Waals surface area contributed by atoms with Crippen molar-refractivity contribution in [2.75, 3.05) is 21.3 Å². The second-order valence-electron chi connectivity index (χ2n) is 4.50. The minimum atomic E-state index is -1.46. The minimum absolute atomic E-state index is 0.00963. The summed E-state index contributed by atoms with van der Waals surface area (Å²) in [6.45, 7) is 3.63. The predicted octanol–water partition coefficient (Wildman–Crippen LogP) is 0.704. The van der Waals surface area contributed by atoms with Gasteiger partial charge in [0, 0.05) is 0 Å². The van der Waals surface area contributed by atoms with Gasteiger partial charge >= 0.3 is 17.9 Å². The van der Waals surface area contributed by atoms with Crippen molar-refractivity contribution in [2.45, 2.75) is 12.8 Å². The Morgan fingerprint density at radius 3 is 1.95 bits per heavy atom. The molecule has 6 heteroatoms. The third-order valence-electron chi connectivity index (χ3n) is 3.63. The van der Waals surface area contributed by atoms with Crippen LogP contribution in [0.1, 0.15) is 12.8 Å². The van der Waals surface area contributed by atoms with Crippen LogP contribution in [0.4, 0.5) is 0 Å². The minimum Gasteiger partial charge on any atom is -0.469 e. The molecule has 106 valence electrons. The number of allylic oxidation sites excluding steroid dienone is 1. The Morgan fingerprint density at radius 1 is 1.05 bits per heavy atom. The lowest BCUT2D eigenvalue weighted by Crippen LogP contribution is -2.39. The molecule has 0 aromatic rings. The largest absolute Gasteiger partial charge is 0.469 e. The molecular weight excluding hydrogens is 252 g/mol.